The molecular formula is C13H27N3O. The van der Waals surface area contributed by atoms with Gasteiger partial charge in [0.25, 0.3) is 0 Å². The van der Waals surface area contributed by atoms with Crippen LogP contribution in [0.15, 0.2) is 0 Å². The zero-order valence-corrected chi connectivity index (χ0v) is 11.7. The highest BCUT2D eigenvalue weighted by Gasteiger charge is 2.34. The fourth-order valence-corrected chi connectivity index (χ4v) is 2.49. The maximum atomic E-state index is 12.0. The molecule has 1 unspecified atom stereocenters. The second-order valence-electron chi connectivity index (χ2n) is 5.66. The van der Waals surface area contributed by atoms with Crippen LogP contribution in [0.1, 0.15) is 34.1 Å². The molecule has 1 aliphatic heterocycles. The first kappa shape index (κ1) is 14.5. The number of rotatable bonds is 4. The summed E-state index contributed by atoms with van der Waals surface area (Å²) in [4.78, 5) is 16.1. The number of hydrogen-bond donors (Lipinski definition) is 1. The second kappa shape index (κ2) is 5.83. The van der Waals surface area contributed by atoms with Gasteiger partial charge >= 0.3 is 0 Å². The Morgan fingerprint density at radius 1 is 1.41 bits per heavy atom. The highest BCUT2D eigenvalue weighted by molar-refractivity contribution is 5.78. The third kappa shape index (κ3) is 3.68. The fourth-order valence-electron chi connectivity index (χ4n) is 2.49. The first-order valence-corrected chi connectivity index (χ1v) is 6.66. The van der Waals surface area contributed by atoms with Gasteiger partial charge in [0.05, 0.1) is 6.54 Å². The number of piperidine rings is 1. The Hall–Kier alpha value is -0.610. The summed E-state index contributed by atoms with van der Waals surface area (Å²) >= 11 is 0. The predicted octanol–water partition coefficient (Wildman–Crippen LogP) is 0.914. The molecule has 0 aliphatic carbocycles. The Labute approximate surface area is 105 Å². The van der Waals surface area contributed by atoms with Crippen LogP contribution in [0.25, 0.3) is 0 Å². The molecule has 4 heteroatoms. The third-order valence-corrected chi connectivity index (χ3v) is 3.87. The van der Waals surface area contributed by atoms with Crippen LogP contribution in [0.3, 0.4) is 0 Å². The standard InChI is InChI=1S/C13H27N3O/c1-5-16(6-2)12(17)9-15-8-7-11(14)13(3,4)10-15/h11H,5-10,14H2,1-4H3. The number of amides is 1. The SMILES string of the molecule is CCN(CC)C(=O)CN1CCC(N)C(C)(C)C1. The highest BCUT2D eigenvalue weighted by Crippen LogP contribution is 2.27. The number of nitrogens with zero attached hydrogens (tertiary/aromatic N) is 2. The molecule has 1 atom stereocenters. The molecule has 0 radical (unpaired) electrons. The van der Waals surface area contributed by atoms with Crippen molar-refractivity contribution in [2.45, 2.75) is 40.2 Å². The lowest BCUT2D eigenvalue weighted by molar-refractivity contribution is -0.132. The van der Waals surface area contributed by atoms with Gasteiger partial charge in [-0.2, -0.15) is 0 Å². The van der Waals surface area contributed by atoms with Crippen LogP contribution in [0.5, 0.6) is 0 Å². The topological polar surface area (TPSA) is 49.6 Å². The molecule has 0 spiro atoms. The molecule has 17 heavy (non-hydrogen) atoms. The monoisotopic (exact) mass is 241 g/mol. The van der Waals surface area contributed by atoms with E-state index in [2.05, 4.69) is 18.7 Å². The van der Waals surface area contributed by atoms with Crippen molar-refractivity contribution in [3.8, 4) is 0 Å². The number of nitrogens with two attached hydrogens (primary N) is 1. The molecule has 2 N–H and O–H groups in total. The minimum Gasteiger partial charge on any atom is -0.342 e. The highest BCUT2D eigenvalue weighted by atomic mass is 16.2. The average Bonchev–Trinajstić information content (AvgIpc) is 2.25. The van der Waals surface area contributed by atoms with Crippen LogP contribution < -0.4 is 5.73 Å². The zero-order chi connectivity index (χ0) is 13.1. The van der Waals surface area contributed by atoms with Crippen LogP contribution in [0.4, 0.5) is 0 Å². The van der Waals surface area contributed by atoms with Crippen molar-refractivity contribution in [1.82, 2.24) is 9.80 Å². The molecule has 0 bridgehead atoms. The summed E-state index contributed by atoms with van der Waals surface area (Å²) in [5.74, 6) is 0.237. The van der Waals surface area contributed by atoms with E-state index >= 15 is 0 Å². The Kier molecular flexibility index (Phi) is 4.95. The maximum Gasteiger partial charge on any atom is 0.236 e. The van der Waals surface area contributed by atoms with Gasteiger partial charge in [-0.25, -0.2) is 0 Å². The molecule has 0 aromatic rings. The van der Waals surface area contributed by atoms with E-state index < -0.39 is 0 Å². The lowest BCUT2D eigenvalue weighted by Crippen LogP contribution is -2.54. The summed E-state index contributed by atoms with van der Waals surface area (Å²) in [5.41, 5.74) is 6.21. The summed E-state index contributed by atoms with van der Waals surface area (Å²) in [5, 5.41) is 0. The van der Waals surface area contributed by atoms with Crippen LogP contribution in [0, 0.1) is 5.41 Å². The van der Waals surface area contributed by atoms with Crippen LogP contribution in [-0.2, 0) is 4.79 Å². The molecule has 1 rings (SSSR count). The molecule has 1 fully saturated rings. The maximum absolute atomic E-state index is 12.0. The van der Waals surface area contributed by atoms with E-state index in [9.17, 15) is 4.79 Å². The second-order valence-corrected chi connectivity index (χ2v) is 5.66. The average molecular weight is 241 g/mol. The lowest BCUT2D eigenvalue weighted by atomic mass is 9.80. The Morgan fingerprint density at radius 3 is 2.47 bits per heavy atom. The van der Waals surface area contributed by atoms with Gasteiger partial charge < -0.3 is 10.6 Å². The van der Waals surface area contributed by atoms with E-state index in [1.807, 2.05) is 18.7 Å². The molecule has 1 saturated heterocycles. The predicted molar refractivity (Wildman–Crippen MR) is 70.7 cm³/mol. The summed E-state index contributed by atoms with van der Waals surface area (Å²) < 4.78 is 0. The van der Waals surface area contributed by atoms with Gasteiger partial charge in [-0.1, -0.05) is 13.8 Å². The summed E-state index contributed by atoms with van der Waals surface area (Å²) in [7, 11) is 0. The smallest absolute Gasteiger partial charge is 0.236 e. The summed E-state index contributed by atoms with van der Waals surface area (Å²) in [6, 6.07) is 0.252. The van der Waals surface area contributed by atoms with E-state index in [0.717, 1.165) is 32.6 Å². The third-order valence-electron chi connectivity index (χ3n) is 3.87. The van der Waals surface area contributed by atoms with Gasteiger partial charge in [0, 0.05) is 32.2 Å². The molecule has 1 amide bonds. The molecule has 4 nitrogen and oxygen atoms in total. The van der Waals surface area contributed by atoms with Crippen molar-refractivity contribution in [2.24, 2.45) is 11.1 Å². The van der Waals surface area contributed by atoms with Crippen LogP contribution in [0.2, 0.25) is 0 Å². The quantitative estimate of drug-likeness (QED) is 0.796. The largest absolute Gasteiger partial charge is 0.342 e. The Balaban J connectivity index is 2.50. The summed E-state index contributed by atoms with van der Waals surface area (Å²) in [6.45, 7) is 12.4. The van der Waals surface area contributed by atoms with Crippen molar-refractivity contribution < 1.29 is 4.79 Å². The van der Waals surface area contributed by atoms with E-state index in [1.165, 1.54) is 0 Å². The minimum atomic E-state index is 0.113. The van der Waals surface area contributed by atoms with Crippen molar-refractivity contribution in [3.05, 3.63) is 0 Å². The molecule has 100 valence electrons. The molecular weight excluding hydrogens is 214 g/mol. The van der Waals surface area contributed by atoms with Gasteiger partial charge in [-0.05, 0) is 25.7 Å². The Morgan fingerprint density at radius 2 is 2.00 bits per heavy atom. The van der Waals surface area contributed by atoms with E-state index in [4.69, 9.17) is 5.73 Å². The normalized spacial score (nSPS) is 24.6. The zero-order valence-electron chi connectivity index (χ0n) is 11.7. The number of carbonyl (C=O) groups excluding carboxylic acids is 1. The van der Waals surface area contributed by atoms with Crippen LogP contribution in [-0.4, -0.2) is 54.5 Å². The molecule has 0 aromatic carbocycles. The Bertz CT molecular complexity index is 261. The van der Waals surface area contributed by atoms with Gasteiger partial charge in [0.1, 0.15) is 0 Å². The van der Waals surface area contributed by atoms with Gasteiger partial charge in [-0.3, -0.25) is 9.69 Å². The van der Waals surface area contributed by atoms with Crippen LogP contribution >= 0.6 is 0 Å². The minimum absolute atomic E-state index is 0.113. The van der Waals surface area contributed by atoms with Crippen molar-refractivity contribution in [1.29, 1.82) is 0 Å². The first-order chi connectivity index (χ1) is 7.90. The fraction of sp³-hybridized carbons (Fsp3) is 0.923. The van der Waals surface area contributed by atoms with E-state index in [1.54, 1.807) is 0 Å². The van der Waals surface area contributed by atoms with Gasteiger partial charge in [0.2, 0.25) is 5.91 Å². The number of likely N-dealkylation sites (tertiary alicyclic amines) is 1. The van der Waals surface area contributed by atoms with E-state index in [-0.39, 0.29) is 17.4 Å². The molecule has 0 saturated carbocycles. The van der Waals surface area contributed by atoms with Crippen molar-refractivity contribution in [2.75, 3.05) is 32.7 Å². The lowest BCUT2D eigenvalue weighted by Gasteiger charge is -2.42. The summed E-state index contributed by atoms with van der Waals surface area (Å²) in [6.07, 6.45) is 0.985. The number of likely N-dealkylation sites (N-methyl/N-ethyl adjacent to an activating group) is 1. The molecule has 1 heterocycles. The van der Waals surface area contributed by atoms with Gasteiger partial charge in [0.15, 0.2) is 0 Å². The molecule has 0 aromatic heterocycles. The number of carbonyl (C=O) groups is 1. The molecule has 1 aliphatic rings. The van der Waals surface area contributed by atoms with Crippen molar-refractivity contribution >= 4 is 5.91 Å². The number of hydrogen-bond acceptors (Lipinski definition) is 3. The van der Waals surface area contributed by atoms with Gasteiger partial charge in [-0.15, -0.1) is 0 Å². The van der Waals surface area contributed by atoms with Crippen molar-refractivity contribution in [3.63, 3.8) is 0 Å². The first-order valence-electron chi connectivity index (χ1n) is 6.66. The van der Waals surface area contributed by atoms with E-state index in [0.29, 0.717) is 6.54 Å².